The summed E-state index contributed by atoms with van der Waals surface area (Å²) in [5, 5.41) is 10.6. The average molecular weight is 284 g/mol. The highest BCUT2D eigenvalue weighted by molar-refractivity contribution is 9.09. The number of fused-ring (bicyclic) bond motifs is 1. The molecule has 1 N–H and O–H groups in total. The van der Waals surface area contributed by atoms with Crippen molar-refractivity contribution in [1.29, 1.82) is 0 Å². The Balaban J connectivity index is 2.67. The maximum atomic E-state index is 11.5. The number of para-hydroxylation sites is 2. The molecule has 1 aromatic carbocycles. The van der Waals surface area contributed by atoms with Crippen LogP contribution < -0.4 is 5.56 Å². The summed E-state index contributed by atoms with van der Waals surface area (Å²) in [5.74, 6) is 0. The lowest BCUT2D eigenvalue weighted by molar-refractivity contribution is -0.499. The van der Waals surface area contributed by atoms with Crippen molar-refractivity contribution in [1.82, 2.24) is 9.97 Å². The standard InChI is InChI=1S/C9H6BrN3O3/c10-8(13(15)16)7-9(14)12-6-4-2-1-3-5(6)11-7/h1-4,8H,(H,12,14). The molecule has 2 aromatic rings. The fourth-order valence-corrected chi connectivity index (χ4v) is 1.62. The fourth-order valence-electron chi connectivity index (χ4n) is 1.31. The molecule has 16 heavy (non-hydrogen) atoms. The molecule has 1 unspecified atom stereocenters. The van der Waals surface area contributed by atoms with Gasteiger partial charge in [-0.3, -0.25) is 14.9 Å². The predicted molar refractivity (Wildman–Crippen MR) is 61.0 cm³/mol. The van der Waals surface area contributed by atoms with Gasteiger partial charge in [-0.1, -0.05) is 12.1 Å². The Morgan fingerprint density at radius 3 is 2.81 bits per heavy atom. The van der Waals surface area contributed by atoms with Crippen LogP contribution in [0.5, 0.6) is 0 Å². The molecule has 0 radical (unpaired) electrons. The number of aromatic nitrogens is 2. The molecular formula is C9H6BrN3O3. The molecule has 0 aliphatic heterocycles. The van der Waals surface area contributed by atoms with Crippen LogP contribution in [-0.2, 0) is 0 Å². The van der Waals surface area contributed by atoms with E-state index in [-0.39, 0.29) is 5.69 Å². The first-order valence-corrected chi connectivity index (χ1v) is 5.27. The number of alkyl halides is 1. The molecule has 0 spiro atoms. The van der Waals surface area contributed by atoms with Crippen molar-refractivity contribution in [2.24, 2.45) is 0 Å². The number of nitrogens with zero attached hydrogens (tertiary/aromatic N) is 2. The highest BCUT2D eigenvalue weighted by Crippen LogP contribution is 2.19. The van der Waals surface area contributed by atoms with E-state index in [1.807, 2.05) is 0 Å². The Bertz CT molecular complexity index is 610. The third kappa shape index (κ3) is 1.81. The van der Waals surface area contributed by atoms with Crippen molar-refractivity contribution in [3.05, 3.63) is 50.4 Å². The van der Waals surface area contributed by atoms with E-state index in [1.165, 1.54) is 0 Å². The average Bonchev–Trinajstić information content (AvgIpc) is 2.27. The zero-order chi connectivity index (χ0) is 11.7. The van der Waals surface area contributed by atoms with Gasteiger partial charge in [-0.25, -0.2) is 4.98 Å². The van der Waals surface area contributed by atoms with Crippen LogP contribution in [0.4, 0.5) is 0 Å². The normalized spacial score (nSPS) is 12.6. The zero-order valence-corrected chi connectivity index (χ0v) is 9.47. The highest BCUT2D eigenvalue weighted by Gasteiger charge is 2.24. The molecule has 0 saturated carbocycles. The van der Waals surface area contributed by atoms with Gasteiger partial charge in [0.15, 0.2) is 5.69 Å². The van der Waals surface area contributed by atoms with Gasteiger partial charge in [0.05, 0.1) is 11.0 Å². The highest BCUT2D eigenvalue weighted by atomic mass is 79.9. The van der Waals surface area contributed by atoms with Crippen molar-refractivity contribution in [2.75, 3.05) is 0 Å². The van der Waals surface area contributed by atoms with Gasteiger partial charge >= 0.3 is 4.95 Å². The molecule has 0 saturated heterocycles. The smallest absolute Gasteiger partial charge is 0.312 e. The van der Waals surface area contributed by atoms with Crippen LogP contribution in [0, 0.1) is 10.1 Å². The summed E-state index contributed by atoms with van der Waals surface area (Å²) in [6.07, 6.45) is 0. The van der Waals surface area contributed by atoms with Gasteiger partial charge in [0, 0.05) is 20.9 Å². The molecule has 7 heteroatoms. The summed E-state index contributed by atoms with van der Waals surface area (Å²) >= 11 is 2.81. The molecular weight excluding hydrogens is 278 g/mol. The Morgan fingerprint density at radius 1 is 1.44 bits per heavy atom. The molecule has 0 aliphatic rings. The summed E-state index contributed by atoms with van der Waals surface area (Å²) in [7, 11) is 0. The van der Waals surface area contributed by atoms with Crippen LogP contribution >= 0.6 is 15.9 Å². The summed E-state index contributed by atoms with van der Waals surface area (Å²) in [6.45, 7) is 0. The lowest BCUT2D eigenvalue weighted by Crippen LogP contribution is -2.20. The number of H-pyrrole nitrogens is 1. The summed E-state index contributed by atoms with van der Waals surface area (Å²) in [6, 6.07) is 6.85. The number of hydrogen-bond acceptors (Lipinski definition) is 4. The molecule has 0 fully saturated rings. The maximum absolute atomic E-state index is 11.5. The van der Waals surface area contributed by atoms with Crippen molar-refractivity contribution in [3.8, 4) is 0 Å². The zero-order valence-electron chi connectivity index (χ0n) is 7.88. The van der Waals surface area contributed by atoms with Crippen LogP contribution in [0.15, 0.2) is 29.1 Å². The molecule has 0 amide bonds. The van der Waals surface area contributed by atoms with Gasteiger partial charge in [-0.2, -0.15) is 0 Å². The second kappa shape index (κ2) is 4.01. The second-order valence-electron chi connectivity index (χ2n) is 3.09. The summed E-state index contributed by atoms with van der Waals surface area (Å²) < 4.78 is 0. The number of aromatic amines is 1. The molecule has 82 valence electrons. The third-order valence-corrected chi connectivity index (χ3v) is 2.80. The van der Waals surface area contributed by atoms with Crippen molar-refractivity contribution in [2.45, 2.75) is 4.95 Å². The van der Waals surface area contributed by atoms with Gasteiger partial charge in [0.25, 0.3) is 5.56 Å². The molecule has 1 atom stereocenters. The Kier molecular flexibility index (Phi) is 2.69. The van der Waals surface area contributed by atoms with Crippen LogP contribution in [0.25, 0.3) is 11.0 Å². The van der Waals surface area contributed by atoms with Crippen molar-refractivity contribution < 1.29 is 4.92 Å². The van der Waals surface area contributed by atoms with Crippen molar-refractivity contribution in [3.63, 3.8) is 0 Å². The number of hydrogen-bond donors (Lipinski definition) is 1. The molecule has 0 bridgehead atoms. The maximum Gasteiger partial charge on any atom is 0.312 e. The second-order valence-corrected chi connectivity index (χ2v) is 3.96. The number of nitro groups is 1. The quantitative estimate of drug-likeness (QED) is 0.392. The minimum atomic E-state index is -1.29. The fraction of sp³-hybridized carbons (Fsp3) is 0.111. The Labute approximate surface area is 97.6 Å². The van der Waals surface area contributed by atoms with Gasteiger partial charge in [0.1, 0.15) is 0 Å². The molecule has 1 heterocycles. The lowest BCUT2D eigenvalue weighted by atomic mass is 10.3. The minimum absolute atomic E-state index is 0.149. The van der Waals surface area contributed by atoms with E-state index in [4.69, 9.17) is 0 Å². The lowest BCUT2D eigenvalue weighted by Gasteiger charge is -2.02. The number of halogens is 1. The largest absolute Gasteiger partial charge is 0.319 e. The molecule has 1 aromatic heterocycles. The monoisotopic (exact) mass is 283 g/mol. The summed E-state index contributed by atoms with van der Waals surface area (Å²) in [5.41, 5.74) is 0.365. The Morgan fingerprint density at radius 2 is 2.12 bits per heavy atom. The van der Waals surface area contributed by atoms with Gasteiger partial charge in [-0.15, -0.1) is 0 Å². The number of nitrogens with one attached hydrogen (secondary N) is 1. The number of benzene rings is 1. The first-order chi connectivity index (χ1) is 7.59. The van der Waals surface area contributed by atoms with E-state index >= 15 is 0 Å². The van der Waals surface area contributed by atoms with E-state index in [2.05, 4.69) is 25.9 Å². The Hall–Kier alpha value is -1.76. The van der Waals surface area contributed by atoms with Crippen molar-refractivity contribution >= 4 is 27.0 Å². The molecule has 0 aliphatic carbocycles. The van der Waals surface area contributed by atoms with Crippen LogP contribution in [-0.4, -0.2) is 14.9 Å². The van der Waals surface area contributed by atoms with Gasteiger partial charge in [-0.05, 0) is 12.1 Å². The van der Waals surface area contributed by atoms with E-state index in [0.717, 1.165) is 0 Å². The topological polar surface area (TPSA) is 88.9 Å². The molecule has 6 nitrogen and oxygen atoms in total. The van der Waals surface area contributed by atoms with E-state index in [1.54, 1.807) is 24.3 Å². The van der Waals surface area contributed by atoms with Crippen LogP contribution in [0.3, 0.4) is 0 Å². The van der Waals surface area contributed by atoms with E-state index in [0.29, 0.717) is 11.0 Å². The first kappa shape index (κ1) is 10.7. The van der Waals surface area contributed by atoms with E-state index < -0.39 is 15.4 Å². The van der Waals surface area contributed by atoms with Gasteiger partial charge in [0.2, 0.25) is 0 Å². The first-order valence-electron chi connectivity index (χ1n) is 4.36. The van der Waals surface area contributed by atoms with Crippen LogP contribution in [0.1, 0.15) is 10.6 Å². The third-order valence-electron chi connectivity index (χ3n) is 2.04. The van der Waals surface area contributed by atoms with E-state index in [9.17, 15) is 14.9 Å². The number of rotatable bonds is 2. The predicted octanol–water partition coefficient (Wildman–Crippen LogP) is 1.59. The summed E-state index contributed by atoms with van der Waals surface area (Å²) in [4.78, 5) is 26.7. The minimum Gasteiger partial charge on any atom is -0.319 e. The SMILES string of the molecule is O=c1[nH]c2ccccc2nc1C(Br)[N+](=O)[O-]. The van der Waals surface area contributed by atoms with Gasteiger partial charge < -0.3 is 4.98 Å². The molecule has 2 rings (SSSR count). The van der Waals surface area contributed by atoms with Crippen LogP contribution in [0.2, 0.25) is 0 Å².